The van der Waals surface area contributed by atoms with E-state index in [1.54, 1.807) is 0 Å². The predicted octanol–water partition coefficient (Wildman–Crippen LogP) is -3.92. The fraction of sp³-hybridized carbons (Fsp3) is 0.750. The van der Waals surface area contributed by atoms with Crippen LogP contribution in [0, 0.1) is 0 Å². The van der Waals surface area contributed by atoms with Gasteiger partial charge in [-0.3, -0.25) is 13.9 Å². The molecule has 2 rings (SSSR count). The summed E-state index contributed by atoms with van der Waals surface area (Å²) in [6.07, 6.45) is -12.6. The van der Waals surface area contributed by atoms with E-state index in [2.05, 4.69) is 13.7 Å². The minimum atomic E-state index is -5.28. The van der Waals surface area contributed by atoms with Gasteiger partial charge >= 0.3 is 26.8 Å². The van der Waals surface area contributed by atoms with Crippen LogP contribution >= 0.6 is 0 Å². The third-order valence-electron chi connectivity index (χ3n) is 4.89. The molecule has 0 saturated carbocycles. The van der Waals surface area contributed by atoms with E-state index in [0.29, 0.717) is 6.08 Å². The van der Waals surface area contributed by atoms with E-state index in [1.807, 2.05) is 0 Å². The standard InChI is InChI=1S/C16H25NO17S2/c1-6(19)17-11-8(2-3-18)31-10(5-30-35(24,25)26)14(12(11)21)33-16-13(34-36(27,28)29)7(20)4-9(32-16)15(22)23/h4,7-8,10-14,16,18,20-21H,2-3,5H2,1H3,(H,17,19)(H,22,23)(H,24,25,26)(H,27,28,29)/t7-,8-,10+,11-,12+,13+,14+,16+/m0/s1. The summed E-state index contributed by atoms with van der Waals surface area (Å²) in [4.78, 5) is 23.0. The fourth-order valence-corrected chi connectivity index (χ4v) is 4.33. The minimum Gasteiger partial charge on any atom is -0.475 e. The molecular weight excluding hydrogens is 542 g/mol. The third-order valence-corrected chi connectivity index (χ3v) is 5.79. The Morgan fingerprint density at radius 1 is 1.08 bits per heavy atom. The van der Waals surface area contributed by atoms with Crippen molar-refractivity contribution in [1.82, 2.24) is 5.32 Å². The molecule has 0 aromatic rings. The quantitative estimate of drug-likeness (QED) is 0.117. The molecule has 36 heavy (non-hydrogen) atoms. The van der Waals surface area contributed by atoms with Gasteiger partial charge in [-0.25, -0.2) is 13.2 Å². The summed E-state index contributed by atoms with van der Waals surface area (Å²) in [7, 11) is -10.3. The van der Waals surface area contributed by atoms with Crippen LogP contribution in [-0.4, -0.2) is 120 Å². The molecule has 2 aliphatic heterocycles. The highest BCUT2D eigenvalue weighted by atomic mass is 32.3. The number of aliphatic carboxylic acids is 1. The Bertz CT molecular complexity index is 1040. The molecule has 1 saturated heterocycles. The fourth-order valence-electron chi connectivity index (χ4n) is 3.54. The van der Waals surface area contributed by atoms with Crippen LogP contribution in [-0.2, 0) is 53.0 Å². The summed E-state index contributed by atoms with van der Waals surface area (Å²) in [5.41, 5.74) is 0. The van der Waals surface area contributed by atoms with Crippen molar-refractivity contribution in [2.45, 2.75) is 62.3 Å². The average molecular weight is 568 g/mol. The van der Waals surface area contributed by atoms with E-state index in [4.69, 9.17) is 23.3 Å². The summed E-state index contributed by atoms with van der Waals surface area (Å²) in [5.74, 6) is -3.36. The van der Waals surface area contributed by atoms with Gasteiger partial charge in [0.05, 0.1) is 18.8 Å². The lowest BCUT2D eigenvalue weighted by molar-refractivity contribution is -0.280. The summed E-state index contributed by atoms with van der Waals surface area (Å²) in [6, 6.07) is -1.33. The second kappa shape index (κ2) is 12.0. The normalized spacial score (nSPS) is 33.3. The Labute approximate surface area is 204 Å². The van der Waals surface area contributed by atoms with Crippen LogP contribution in [0.1, 0.15) is 13.3 Å². The van der Waals surface area contributed by atoms with Crippen LogP contribution in [0.2, 0.25) is 0 Å². The maximum Gasteiger partial charge on any atom is 0.397 e. The van der Waals surface area contributed by atoms with Gasteiger partial charge in [-0.2, -0.15) is 16.8 Å². The average Bonchev–Trinajstić information content (AvgIpc) is 2.72. The summed E-state index contributed by atoms with van der Waals surface area (Å²) >= 11 is 0. The maximum atomic E-state index is 11.6. The van der Waals surface area contributed by atoms with Crippen molar-refractivity contribution in [3.63, 3.8) is 0 Å². The number of nitrogens with one attached hydrogen (secondary N) is 1. The van der Waals surface area contributed by atoms with Gasteiger partial charge in [0.15, 0.2) is 6.10 Å². The van der Waals surface area contributed by atoms with Gasteiger partial charge in [0, 0.05) is 13.5 Å². The van der Waals surface area contributed by atoms with Crippen LogP contribution in [0.15, 0.2) is 11.8 Å². The van der Waals surface area contributed by atoms with Gasteiger partial charge in [-0.1, -0.05) is 0 Å². The zero-order valence-electron chi connectivity index (χ0n) is 18.3. The zero-order chi connectivity index (χ0) is 27.4. The summed E-state index contributed by atoms with van der Waals surface area (Å²) < 4.78 is 87.1. The zero-order valence-corrected chi connectivity index (χ0v) is 19.9. The number of carboxylic acids is 1. The van der Waals surface area contributed by atoms with E-state index >= 15 is 0 Å². The molecule has 0 bridgehead atoms. The molecule has 20 heteroatoms. The Morgan fingerprint density at radius 3 is 2.22 bits per heavy atom. The van der Waals surface area contributed by atoms with E-state index in [0.717, 1.165) is 6.92 Å². The number of aliphatic hydroxyl groups is 3. The summed E-state index contributed by atoms with van der Waals surface area (Å²) in [5, 5.41) is 41.9. The van der Waals surface area contributed by atoms with Crippen molar-refractivity contribution in [2.24, 2.45) is 0 Å². The number of carbonyl (C=O) groups excluding carboxylic acids is 1. The molecule has 7 N–H and O–H groups in total. The molecule has 0 radical (unpaired) electrons. The lowest BCUT2D eigenvalue weighted by Crippen LogP contribution is -2.66. The van der Waals surface area contributed by atoms with Gasteiger partial charge in [0.2, 0.25) is 18.0 Å². The number of aliphatic hydroxyl groups excluding tert-OH is 3. The minimum absolute atomic E-state index is 0.198. The first-order valence-corrected chi connectivity index (χ1v) is 12.7. The van der Waals surface area contributed by atoms with E-state index in [1.165, 1.54) is 0 Å². The highest BCUT2D eigenvalue weighted by molar-refractivity contribution is 7.81. The first-order valence-electron chi connectivity index (χ1n) is 9.96. The molecular formula is C16H25NO17S2. The maximum absolute atomic E-state index is 11.6. The molecule has 0 aromatic carbocycles. The van der Waals surface area contributed by atoms with Crippen LogP contribution in [0.3, 0.4) is 0 Å². The molecule has 2 aliphatic rings. The smallest absolute Gasteiger partial charge is 0.397 e. The molecule has 1 amide bonds. The summed E-state index contributed by atoms with van der Waals surface area (Å²) in [6.45, 7) is -0.470. The van der Waals surface area contributed by atoms with E-state index in [-0.39, 0.29) is 6.42 Å². The number of carbonyl (C=O) groups is 2. The molecule has 2 heterocycles. The van der Waals surface area contributed by atoms with Crippen LogP contribution in [0.5, 0.6) is 0 Å². The van der Waals surface area contributed by atoms with Crippen LogP contribution in [0.25, 0.3) is 0 Å². The number of ether oxygens (including phenoxy) is 3. The first kappa shape index (κ1) is 30.2. The molecule has 0 unspecified atom stereocenters. The van der Waals surface area contributed by atoms with Crippen molar-refractivity contribution >= 4 is 32.7 Å². The van der Waals surface area contributed by atoms with Gasteiger partial charge in [-0.05, 0) is 12.5 Å². The van der Waals surface area contributed by atoms with Crippen molar-refractivity contribution in [3.8, 4) is 0 Å². The van der Waals surface area contributed by atoms with E-state index < -0.39 is 101 Å². The Morgan fingerprint density at radius 2 is 1.72 bits per heavy atom. The van der Waals surface area contributed by atoms with Gasteiger partial charge in [0.1, 0.15) is 24.4 Å². The number of hydrogen-bond donors (Lipinski definition) is 7. The van der Waals surface area contributed by atoms with Crippen molar-refractivity contribution in [3.05, 3.63) is 11.8 Å². The largest absolute Gasteiger partial charge is 0.475 e. The Balaban J connectivity index is 2.45. The molecule has 208 valence electrons. The topological polar surface area (TPSA) is 282 Å². The van der Waals surface area contributed by atoms with Gasteiger partial charge in [-0.15, -0.1) is 0 Å². The first-order chi connectivity index (χ1) is 16.5. The van der Waals surface area contributed by atoms with Gasteiger partial charge < -0.3 is 40.0 Å². The Kier molecular flexibility index (Phi) is 10.1. The van der Waals surface area contributed by atoms with Crippen LogP contribution < -0.4 is 5.32 Å². The predicted molar refractivity (Wildman–Crippen MR) is 109 cm³/mol. The third kappa shape index (κ3) is 8.55. The van der Waals surface area contributed by atoms with Gasteiger partial charge in [0.25, 0.3) is 0 Å². The lowest BCUT2D eigenvalue weighted by Gasteiger charge is -2.46. The number of rotatable bonds is 11. The number of carboxylic acid groups (broad SMARTS) is 1. The number of hydrogen-bond acceptors (Lipinski definition) is 14. The molecule has 0 aromatic heterocycles. The molecule has 18 nitrogen and oxygen atoms in total. The molecule has 1 fully saturated rings. The number of amides is 1. The molecule has 0 aliphatic carbocycles. The highest BCUT2D eigenvalue weighted by Crippen LogP contribution is 2.31. The lowest BCUT2D eigenvalue weighted by atomic mass is 9.91. The van der Waals surface area contributed by atoms with Crippen molar-refractivity contribution in [1.29, 1.82) is 0 Å². The second-order valence-corrected chi connectivity index (χ2v) is 9.70. The van der Waals surface area contributed by atoms with Crippen molar-refractivity contribution in [2.75, 3.05) is 13.2 Å². The monoisotopic (exact) mass is 567 g/mol. The van der Waals surface area contributed by atoms with Crippen molar-refractivity contribution < 1.29 is 78.5 Å². The molecule has 0 spiro atoms. The Hall–Kier alpha value is -1.98. The SMILES string of the molecule is CC(=O)N[C@@H]1[C@@H](O)[C@H](O[C@H]2OC(C(=O)O)=C[C@H](O)[C@H]2OS(=O)(=O)O)[C@@H](COS(=O)(=O)O)O[C@H]1CCO. The van der Waals surface area contributed by atoms with E-state index in [9.17, 15) is 46.9 Å². The second-order valence-electron chi connectivity index (χ2n) is 7.56. The highest BCUT2D eigenvalue weighted by Gasteiger charge is 2.50. The van der Waals surface area contributed by atoms with Crippen LogP contribution in [0.4, 0.5) is 0 Å². The molecule has 8 atom stereocenters.